The van der Waals surface area contributed by atoms with Gasteiger partial charge in [0.2, 0.25) is 11.8 Å². The van der Waals surface area contributed by atoms with E-state index >= 15 is 0 Å². The van der Waals surface area contributed by atoms with Crippen LogP contribution < -0.4 is 9.80 Å². The van der Waals surface area contributed by atoms with Crippen molar-refractivity contribution in [2.75, 3.05) is 16.8 Å². The van der Waals surface area contributed by atoms with Crippen LogP contribution in [0.25, 0.3) is 0 Å². The summed E-state index contributed by atoms with van der Waals surface area (Å²) in [4.78, 5) is 26.7. The van der Waals surface area contributed by atoms with Crippen LogP contribution in [-0.4, -0.2) is 24.9 Å². The number of carbonyl (C=O) groups is 2. The summed E-state index contributed by atoms with van der Waals surface area (Å²) in [6.07, 6.45) is 0. The maximum Gasteiger partial charge on any atom is 0.230 e. The van der Waals surface area contributed by atoms with E-state index < -0.39 is 0 Å². The SMILES string of the molecule is CC(=O)N(C(C)=O)c1ccc2c(c1)N(C)C(C)C2(C)C. The highest BCUT2D eigenvalue weighted by atomic mass is 16.2. The molecule has 1 heterocycles. The van der Waals surface area contributed by atoms with Gasteiger partial charge in [-0.15, -0.1) is 0 Å². The van der Waals surface area contributed by atoms with Gasteiger partial charge in [-0.2, -0.15) is 0 Å². The van der Waals surface area contributed by atoms with Gasteiger partial charge in [0, 0.05) is 38.0 Å². The third-order valence-electron chi connectivity index (χ3n) is 4.57. The molecule has 2 amide bonds. The maximum atomic E-state index is 11.7. The zero-order valence-corrected chi connectivity index (χ0v) is 13.0. The van der Waals surface area contributed by atoms with Crippen molar-refractivity contribution in [1.29, 1.82) is 0 Å². The molecule has 1 atom stereocenters. The number of hydrogen-bond donors (Lipinski definition) is 0. The highest BCUT2D eigenvalue weighted by Gasteiger charge is 2.40. The van der Waals surface area contributed by atoms with Crippen LogP contribution in [0, 0.1) is 0 Å². The van der Waals surface area contributed by atoms with E-state index in [-0.39, 0.29) is 17.2 Å². The van der Waals surface area contributed by atoms with Crippen molar-refractivity contribution in [1.82, 2.24) is 0 Å². The van der Waals surface area contributed by atoms with E-state index in [0.717, 1.165) is 5.69 Å². The second kappa shape index (κ2) is 4.62. The van der Waals surface area contributed by atoms with Crippen LogP contribution in [0.4, 0.5) is 11.4 Å². The Hall–Kier alpha value is -1.84. The van der Waals surface area contributed by atoms with Crippen molar-refractivity contribution in [2.24, 2.45) is 0 Å². The Balaban J connectivity index is 2.54. The van der Waals surface area contributed by atoms with E-state index in [1.807, 2.05) is 25.2 Å². The number of imide groups is 1. The average Bonchev–Trinajstić information content (AvgIpc) is 2.50. The Morgan fingerprint density at radius 1 is 1.20 bits per heavy atom. The van der Waals surface area contributed by atoms with Gasteiger partial charge in [0.1, 0.15) is 0 Å². The van der Waals surface area contributed by atoms with Crippen molar-refractivity contribution in [3.8, 4) is 0 Å². The fourth-order valence-electron chi connectivity index (χ4n) is 3.00. The van der Waals surface area contributed by atoms with Crippen molar-refractivity contribution >= 4 is 23.2 Å². The van der Waals surface area contributed by atoms with Gasteiger partial charge in [-0.1, -0.05) is 19.9 Å². The molecule has 0 spiro atoms. The molecule has 0 saturated carbocycles. The lowest BCUT2D eigenvalue weighted by Crippen LogP contribution is -2.36. The molecule has 0 bridgehead atoms. The van der Waals surface area contributed by atoms with Crippen LogP contribution in [0.5, 0.6) is 0 Å². The van der Waals surface area contributed by atoms with Crippen molar-refractivity contribution < 1.29 is 9.59 Å². The predicted octanol–water partition coefficient (Wildman–Crippen LogP) is 2.70. The van der Waals surface area contributed by atoms with Gasteiger partial charge in [0.05, 0.1) is 5.69 Å². The van der Waals surface area contributed by atoms with Gasteiger partial charge in [-0.05, 0) is 24.6 Å². The zero-order valence-electron chi connectivity index (χ0n) is 13.0. The summed E-state index contributed by atoms with van der Waals surface area (Å²) < 4.78 is 0. The highest BCUT2D eigenvalue weighted by Crippen LogP contribution is 2.45. The van der Waals surface area contributed by atoms with E-state index in [9.17, 15) is 9.59 Å². The Morgan fingerprint density at radius 3 is 2.25 bits per heavy atom. The van der Waals surface area contributed by atoms with E-state index in [1.54, 1.807) is 0 Å². The van der Waals surface area contributed by atoms with E-state index in [1.165, 1.54) is 24.3 Å². The molecule has 4 heteroatoms. The standard InChI is InChI=1S/C16H22N2O2/c1-10-16(4,5)14-8-7-13(9-15(14)17(10)6)18(11(2)19)12(3)20/h7-10H,1-6H3. The number of rotatable bonds is 1. The number of carbonyl (C=O) groups excluding carboxylic acids is 2. The number of nitrogens with zero attached hydrogens (tertiary/aromatic N) is 2. The van der Waals surface area contributed by atoms with Crippen molar-refractivity contribution in [3.63, 3.8) is 0 Å². The summed E-state index contributed by atoms with van der Waals surface area (Å²) in [5.41, 5.74) is 3.04. The molecule has 0 N–H and O–H groups in total. The van der Waals surface area contributed by atoms with Gasteiger partial charge in [0.15, 0.2) is 0 Å². The first-order valence-electron chi connectivity index (χ1n) is 6.86. The normalized spacial score (nSPS) is 19.7. The minimum absolute atomic E-state index is 0.0554. The Kier molecular flexibility index (Phi) is 3.36. The lowest BCUT2D eigenvalue weighted by atomic mass is 9.81. The number of amides is 2. The molecule has 0 fully saturated rings. The van der Waals surface area contributed by atoms with Crippen LogP contribution >= 0.6 is 0 Å². The van der Waals surface area contributed by atoms with Crippen LogP contribution in [0.2, 0.25) is 0 Å². The summed E-state index contributed by atoms with van der Waals surface area (Å²) in [6, 6.07) is 6.19. The lowest BCUT2D eigenvalue weighted by Gasteiger charge is -2.28. The first kappa shape index (κ1) is 14.6. The zero-order chi connectivity index (χ0) is 15.2. The number of likely N-dealkylation sites (N-methyl/N-ethyl adjacent to an activating group) is 1. The Labute approximate surface area is 120 Å². The Bertz CT molecular complexity index is 564. The van der Waals surface area contributed by atoms with Gasteiger partial charge in [-0.25, -0.2) is 0 Å². The fraction of sp³-hybridized carbons (Fsp3) is 0.500. The summed E-state index contributed by atoms with van der Waals surface area (Å²) in [5.74, 6) is -0.518. The molecule has 1 aromatic carbocycles. The van der Waals surface area contributed by atoms with Crippen LogP contribution in [0.1, 0.15) is 40.2 Å². The molecule has 0 radical (unpaired) electrons. The molecule has 1 aliphatic heterocycles. The first-order chi connectivity index (χ1) is 9.17. The van der Waals surface area contributed by atoms with E-state index in [2.05, 4.69) is 25.7 Å². The molecule has 4 nitrogen and oxygen atoms in total. The smallest absolute Gasteiger partial charge is 0.230 e. The number of fused-ring (bicyclic) bond motifs is 1. The quantitative estimate of drug-likeness (QED) is 0.790. The van der Waals surface area contributed by atoms with Gasteiger partial charge in [-0.3, -0.25) is 14.5 Å². The summed E-state index contributed by atoms with van der Waals surface area (Å²) in [7, 11) is 2.05. The molecule has 0 aromatic heterocycles. The van der Waals surface area contributed by atoms with E-state index in [0.29, 0.717) is 11.7 Å². The highest BCUT2D eigenvalue weighted by molar-refractivity contribution is 6.13. The minimum Gasteiger partial charge on any atom is -0.371 e. The largest absolute Gasteiger partial charge is 0.371 e. The number of benzene rings is 1. The summed E-state index contributed by atoms with van der Waals surface area (Å²) in [5, 5.41) is 0. The molecular weight excluding hydrogens is 252 g/mol. The topological polar surface area (TPSA) is 40.6 Å². The van der Waals surface area contributed by atoms with Gasteiger partial charge >= 0.3 is 0 Å². The van der Waals surface area contributed by atoms with Gasteiger partial charge in [0.25, 0.3) is 0 Å². The van der Waals surface area contributed by atoms with Gasteiger partial charge < -0.3 is 4.90 Å². The summed E-state index contributed by atoms with van der Waals surface area (Å²) >= 11 is 0. The molecule has 2 rings (SSSR count). The molecule has 0 aliphatic carbocycles. The monoisotopic (exact) mass is 274 g/mol. The minimum atomic E-state index is -0.259. The second-order valence-corrected chi connectivity index (χ2v) is 6.08. The third kappa shape index (κ3) is 1.99. The molecule has 1 aliphatic rings. The van der Waals surface area contributed by atoms with Crippen LogP contribution in [0.15, 0.2) is 18.2 Å². The van der Waals surface area contributed by atoms with E-state index in [4.69, 9.17) is 0 Å². The third-order valence-corrected chi connectivity index (χ3v) is 4.57. The molecular formula is C16H22N2O2. The average molecular weight is 274 g/mol. The Morgan fingerprint density at radius 2 is 1.75 bits per heavy atom. The van der Waals surface area contributed by atoms with Crippen molar-refractivity contribution in [3.05, 3.63) is 23.8 Å². The summed E-state index contributed by atoms with van der Waals surface area (Å²) in [6.45, 7) is 9.43. The molecule has 20 heavy (non-hydrogen) atoms. The predicted molar refractivity (Wildman–Crippen MR) is 81.2 cm³/mol. The maximum absolute atomic E-state index is 11.7. The first-order valence-corrected chi connectivity index (χ1v) is 6.86. The van der Waals surface area contributed by atoms with Crippen molar-refractivity contribution in [2.45, 2.75) is 46.1 Å². The molecule has 1 aromatic rings. The van der Waals surface area contributed by atoms with Crippen LogP contribution in [0.3, 0.4) is 0 Å². The molecule has 0 saturated heterocycles. The van der Waals surface area contributed by atoms with Crippen LogP contribution in [-0.2, 0) is 15.0 Å². The lowest BCUT2D eigenvalue weighted by molar-refractivity contribution is -0.124. The fourth-order valence-corrected chi connectivity index (χ4v) is 3.00. The molecule has 1 unspecified atom stereocenters. The molecule has 108 valence electrons. The number of hydrogen-bond acceptors (Lipinski definition) is 3. The number of anilines is 2. The second-order valence-electron chi connectivity index (χ2n) is 6.08.